The number of hydrogen-bond acceptors (Lipinski definition) is 2. The molecule has 41 heavy (non-hydrogen) atoms. The first-order chi connectivity index (χ1) is 20.3. The van der Waals surface area contributed by atoms with Crippen LogP contribution in [0, 0.1) is 0 Å². The van der Waals surface area contributed by atoms with Crippen molar-refractivity contribution in [3.05, 3.63) is 138 Å². The van der Waals surface area contributed by atoms with Crippen LogP contribution in [0.2, 0.25) is 0 Å². The van der Waals surface area contributed by atoms with E-state index in [1.165, 1.54) is 54.1 Å². The average Bonchev–Trinajstić information content (AvgIpc) is 3.02. The molecule has 194 valence electrons. The molecule has 0 fully saturated rings. The number of benzene rings is 6. The Balaban J connectivity index is 1.41. The molecule has 8 rings (SSSR count). The number of rotatable bonds is 3. The van der Waals surface area contributed by atoms with Crippen molar-refractivity contribution in [3.63, 3.8) is 0 Å². The van der Waals surface area contributed by atoms with Crippen LogP contribution in [-0.2, 0) is 0 Å². The molecule has 0 amide bonds. The van der Waals surface area contributed by atoms with Crippen molar-refractivity contribution < 1.29 is 4.74 Å². The van der Waals surface area contributed by atoms with Crippen molar-refractivity contribution in [1.29, 1.82) is 0 Å². The van der Waals surface area contributed by atoms with Gasteiger partial charge >= 0.3 is 0 Å². The minimum Gasteiger partial charge on any atom is -0.458 e. The minimum atomic E-state index is 0.0608. The third kappa shape index (κ3) is 3.73. The summed E-state index contributed by atoms with van der Waals surface area (Å²) in [5.74, 6) is 1.87. The average molecular weight is 525 g/mol. The van der Waals surface area contributed by atoms with Crippen LogP contribution in [0.4, 0.5) is 11.4 Å². The largest absolute Gasteiger partial charge is 0.458 e. The van der Waals surface area contributed by atoms with Gasteiger partial charge in [0, 0.05) is 17.6 Å². The van der Waals surface area contributed by atoms with E-state index in [1.54, 1.807) is 0 Å². The van der Waals surface area contributed by atoms with Gasteiger partial charge in [0.15, 0.2) is 0 Å². The van der Waals surface area contributed by atoms with Crippen molar-refractivity contribution in [3.8, 4) is 11.5 Å². The fourth-order valence-corrected chi connectivity index (χ4v) is 6.72. The number of nitrogens with zero attached hydrogens (tertiary/aromatic N) is 1. The van der Waals surface area contributed by atoms with Gasteiger partial charge in [-0.1, -0.05) is 110 Å². The van der Waals surface area contributed by atoms with E-state index in [-0.39, 0.29) is 6.71 Å². The summed E-state index contributed by atoms with van der Waals surface area (Å²) in [5, 5.41) is 7.49. The van der Waals surface area contributed by atoms with Crippen LogP contribution >= 0.6 is 0 Å². The van der Waals surface area contributed by atoms with Gasteiger partial charge in [-0.25, -0.2) is 0 Å². The Morgan fingerprint density at radius 1 is 0.610 bits per heavy atom. The van der Waals surface area contributed by atoms with E-state index in [1.807, 2.05) is 0 Å². The Kier molecular flexibility index (Phi) is 5.56. The summed E-state index contributed by atoms with van der Waals surface area (Å²) in [4.78, 5) is 2.35. The summed E-state index contributed by atoms with van der Waals surface area (Å²) in [6.45, 7) is 2.24. The quantitative estimate of drug-likeness (QED) is 0.253. The second kappa shape index (κ2) is 9.57. The number of allylic oxidation sites excluding steroid dienone is 1. The van der Waals surface area contributed by atoms with Gasteiger partial charge in [0.05, 0.1) is 0 Å². The van der Waals surface area contributed by atoms with Gasteiger partial charge in [0.25, 0.3) is 6.71 Å². The molecule has 0 atom stereocenters. The van der Waals surface area contributed by atoms with Crippen molar-refractivity contribution in [2.75, 3.05) is 4.90 Å². The molecule has 0 aliphatic carbocycles. The van der Waals surface area contributed by atoms with Crippen molar-refractivity contribution >= 4 is 68.2 Å². The Labute approximate surface area is 240 Å². The number of ether oxygens (including phenoxy) is 1. The Morgan fingerprint density at radius 2 is 1.27 bits per heavy atom. The lowest BCUT2D eigenvalue weighted by molar-refractivity contribution is 0.488. The Hall–Kier alpha value is -5.02. The van der Waals surface area contributed by atoms with Crippen LogP contribution in [-0.4, -0.2) is 6.71 Å². The highest BCUT2D eigenvalue weighted by Gasteiger charge is 2.42. The number of hydrogen-bond donors (Lipinski definition) is 0. The van der Waals surface area contributed by atoms with E-state index in [4.69, 9.17) is 4.74 Å². The fraction of sp³-hybridized carbons (Fsp3) is 0.0526. The first kappa shape index (κ1) is 23.8. The number of anilines is 2. The van der Waals surface area contributed by atoms with Crippen LogP contribution in [0.1, 0.15) is 13.3 Å². The molecule has 0 saturated carbocycles. The highest BCUT2D eigenvalue weighted by atomic mass is 16.5. The van der Waals surface area contributed by atoms with Gasteiger partial charge in [-0.3, -0.25) is 0 Å². The molecule has 6 aromatic carbocycles. The molecule has 2 heterocycles. The van der Waals surface area contributed by atoms with Crippen LogP contribution in [0.25, 0.3) is 33.7 Å². The molecule has 2 aliphatic rings. The lowest BCUT2D eigenvalue weighted by Crippen LogP contribution is -2.59. The molecular formula is C38H28BNO. The SMILES string of the molecule is CC/C=c1/cccc/c1=C/C=C/N1c2cccc3c2B(c2c(ccc4ccccc24)O3)c2c1ccc1ccccc21. The lowest BCUT2D eigenvalue weighted by Gasteiger charge is -2.39. The summed E-state index contributed by atoms with van der Waals surface area (Å²) in [7, 11) is 0. The topological polar surface area (TPSA) is 12.5 Å². The Morgan fingerprint density at radius 3 is 2.07 bits per heavy atom. The van der Waals surface area contributed by atoms with Gasteiger partial charge in [0.2, 0.25) is 0 Å². The van der Waals surface area contributed by atoms with E-state index in [2.05, 4.69) is 152 Å². The molecule has 0 saturated heterocycles. The maximum Gasteiger partial charge on any atom is 0.258 e. The summed E-state index contributed by atoms with van der Waals surface area (Å²) < 4.78 is 6.66. The molecule has 2 nitrogen and oxygen atoms in total. The molecule has 3 heteroatoms. The molecule has 0 aromatic heterocycles. The first-order valence-electron chi connectivity index (χ1n) is 14.4. The minimum absolute atomic E-state index is 0.0608. The molecule has 0 N–H and O–H groups in total. The van der Waals surface area contributed by atoms with Gasteiger partial charge in [0.1, 0.15) is 11.5 Å². The monoisotopic (exact) mass is 525 g/mol. The smallest absolute Gasteiger partial charge is 0.258 e. The van der Waals surface area contributed by atoms with Crippen molar-refractivity contribution in [1.82, 2.24) is 0 Å². The summed E-state index contributed by atoms with van der Waals surface area (Å²) in [6, 6.07) is 41.3. The van der Waals surface area contributed by atoms with E-state index in [0.29, 0.717) is 0 Å². The number of fused-ring (bicyclic) bond motifs is 8. The predicted molar refractivity (Wildman–Crippen MR) is 175 cm³/mol. The zero-order valence-corrected chi connectivity index (χ0v) is 22.9. The maximum absolute atomic E-state index is 6.66. The normalized spacial score (nSPS) is 14.4. The van der Waals surface area contributed by atoms with Gasteiger partial charge < -0.3 is 9.64 Å². The van der Waals surface area contributed by atoms with E-state index < -0.39 is 0 Å². The molecule has 2 aliphatic heterocycles. The highest BCUT2D eigenvalue weighted by Crippen LogP contribution is 2.38. The predicted octanol–water partition coefficient (Wildman–Crippen LogP) is 6.25. The lowest BCUT2D eigenvalue weighted by atomic mass is 9.33. The first-order valence-corrected chi connectivity index (χ1v) is 14.4. The zero-order valence-electron chi connectivity index (χ0n) is 22.9. The molecule has 0 spiro atoms. The second-order valence-corrected chi connectivity index (χ2v) is 10.8. The molecule has 0 bridgehead atoms. The van der Waals surface area contributed by atoms with Crippen LogP contribution in [0.15, 0.2) is 128 Å². The van der Waals surface area contributed by atoms with E-state index >= 15 is 0 Å². The fourth-order valence-electron chi connectivity index (χ4n) is 6.72. The van der Waals surface area contributed by atoms with E-state index in [9.17, 15) is 0 Å². The summed E-state index contributed by atoms with van der Waals surface area (Å²) in [6.07, 6.45) is 9.88. The van der Waals surface area contributed by atoms with Crippen molar-refractivity contribution in [2.45, 2.75) is 13.3 Å². The summed E-state index contributed by atoms with van der Waals surface area (Å²) >= 11 is 0. The zero-order chi connectivity index (χ0) is 27.3. The van der Waals surface area contributed by atoms with Crippen molar-refractivity contribution in [2.24, 2.45) is 0 Å². The second-order valence-electron chi connectivity index (χ2n) is 10.8. The molecule has 0 unspecified atom stereocenters. The molecule has 6 aromatic rings. The van der Waals surface area contributed by atoms with E-state index in [0.717, 1.165) is 23.6 Å². The van der Waals surface area contributed by atoms with Crippen LogP contribution in [0.3, 0.4) is 0 Å². The Bertz CT molecular complexity index is 2140. The summed E-state index contributed by atoms with van der Waals surface area (Å²) in [5.41, 5.74) is 6.17. The van der Waals surface area contributed by atoms with Gasteiger partial charge in [-0.15, -0.1) is 0 Å². The third-order valence-corrected chi connectivity index (χ3v) is 8.46. The standard InChI is InChI=1S/C38H28BNO/c1-2-11-26-12-3-4-13-27(26)16-10-25-40-32-19-9-20-34-38(32)39(36-30-17-7-5-14-28(30)21-23-33(36)40)37-31-18-8-6-15-29(31)22-24-35(37)41-34/h3-25H,2H2,1H3/b25-10+,26-11-,27-16-. The highest BCUT2D eigenvalue weighted by molar-refractivity contribution is 7.01. The molecular weight excluding hydrogens is 497 g/mol. The van der Waals surface area contributed by atoms with Crippen LogP contribution < -0.4 is 36.5 Å². The molecule has 0 radical (unpaired) electrons. The third-order valence-electron chi connectivity index (χ3n) is 8.46. The van der Waals surface area contributed by atoms with Gasteiger partial charge in [-0.05, 0) is 85.1 Å². The van der Waals surface area contributed by atoms with Crippen LogP contribution in [0.5, 0.6) is 11.5 Å². The van der Waals surface area contributed by atoms with Gasteiger partial charge in [-0.2, -0.15) is 0 Å². The maximum atomic E-state index is 6.66.